The topological polar surface area (TPSA) is 80.8 Å². The maximum Gasteiger partial charge on any atom is 0.338 e. The highest BCUT2D eigenvalue weighted by molar-refractivity contribution is 7.89. The van der Waals surface area contributed by atoms with Crippen molar-refractivity contribution in [1.82, 2.24) is 4.31 Å². The number of carbonyl (C=O) groups is 2. The fraction of sp³-hybridized carbons (Fsp3) is 0.368. The van der Waals surface area contributed by atoms with Gasteiger partial charge in [0.05, 0.1) is 15.3 Å². The number of hydrogen-bond donors (Lipinski definition) is 0. The lowest BCUT2D eigenvalue weighted by Gasteiger charge is -2.26. The molecule has 8 heteroatoms. The highest BCUT2D eigenvalue weighted by Crippen LogP contribution is 2.23. The van der Waals surface area contributed by atoms with Gasteiger partial charge in [-0.3, -0.25) is 4.79 Å². The van der Waals surface area contributed by atoms with Crippen molar-refractivity contribution in [2.75, 3.05) is 19.7 Å². The van der Waals surface area contributed by atoms with Crippen LogP contribution in [0.25, 0.3) is 0 Å². The lowest BCUT2D eigenvalue weighted by molar-refractivity contribution is 0.0475. The molecule has 144 valence electrons. The average molecular weight is 408 g/mol. The Morgan fingerprint density at radius 1 is 1.15 bits per heavy atom. The van der Waals surface area contributed by atoms with Gasteiger partial charge in [0, 0.05) is 13.1 Å². The Morgan fingerprint density at radius 3 is 2.56 bits per heavy atom. The summed E-state index contributed by atoms with van der Waals surface area (Å²) in [7, 11) is -3.64. The van der Waals surface area contributed by atoms with Gasteiger partial charge in [-0.05, 0) is 48.9 Å². The van der Waals surface area contributed by atoms with Crippen LogP contribution in [0, 0.1) is 6.92 Å². The summed E-state index contributed by atoms with van der Waals surface area (Å²) in [6, 6.07) is 7.86. The van der Waals surface area contributed by atoms with Crippen molar-refractivity contribution < 1.29 is 22.7 Å². The number of carbonyl (C=O) groups excluding carboxylic acids is 2. The molecule has 0 atom stereocenters. The van der Waals surface area contributed by atoms with Gasteiger partial charge in [-0.15, -0.1) is 11.3 Å². The van der Waals surface area contributed by atoms with Crippen molar-refractivity contribution in [2.24, 2.45) is 0 Å². The monoisotopic (exact) mass is 407 g/mol. The third kappa shape index (κ3) is 4.45. The number of hydrogen-bond acceptors (Lipinski definition) is 6. The molecular weight excluding hydrogens is 386 g/mol. The first kappa shape index (κ1) is 19.7. The van der Waals surface area contributed by atoms with Gasteiger partial charge in [-0.1, -0.05) is 18.6 Å². The molecule has 2 heterocycles. The Kier molecular flexibility index (Phi) is 6.08. The zero-order valence-electron chi connectivity index (χ0n) is 15.0. The molecule has 0 bridgehead atoms. The second-order valence-corrected chi connectivity index (χ2v) is 9.30. The molecule has 1 saturated heterocycles. The smallest absolute Gasteiger partial charge is 0.338 e. The number of thiophene rings is 1. The molecule has 0 radical (unpaired) electrons. The first-order valence-corrected chi connectivity index (χ1v) is 11.1. The normalized spacial score (nSPS) is 15.4. The van der Waals surface area contributed by atoms with E-state index in [1.54, 1.807) is 30.5 Å². The first-order chi connectivity index (χ1) is 12.9. The van der Waals surface area contributed by atoms with Gasteiger partial charge in [-0.25, -0.2) is 13.2 Å². The fourth-order valence-electron chi connectivity index (χ4n) is 2.95. The van der Waals surface area contributed by atoms with E-state index in [1.165, 1.54) is 27.8 Å². The van der Waals surface area contributed by atoms with Crippen LogP contribution in [0.5, 0.6) is 0 Å². The van der Waals surface area contributed by atoms with E-state index in [2.05, 4.69) is 0 Å². The summed E-state index contributed by atoms with van der Waals surface area (Å²) in [5, 5.41) is 1.77. The molecule has 1 fully saturated rings. The highest BCUT2D eigenvalue weighted by atomic mass is 32.2. The third-order valence-electron chi connectivity index (χ3n) is 4.51. The predicted molar refractivity (Wildman–Crippen MR) is 103 cm³/mol. The number of aryl methyl sites for hydroxylation is 1. The number of nitrogens with zero attached hydrogens (tertiary/aromatic N) is 1. The lowest BCUT2D eigenvalue weighted by atomic mass is 10.1. The highest BCUT2D eigenvalue weighted by Gasteiger charge is 2.27. The molecule has 0 saturated carbocycles. The van der Waals surface area contributed by atoms with E-state index in [0.29, 0.717) is 23.5 Å². The molecule has 0 unspecified atom stereocenters. The first-order valence-electron chi connectivity index (χ1n) is 8.74. The molecule has 1 aromatic carbocycles. The van der Waals surface area contributed by atoms with Crippen LogP contribution in [0.1, 0.15) is 44.9 Å². The van der Waals surface area contributed by atoms with Crippen LogP contribution in [-0.4, -0.2) is 44.2 Å². The summed E-state index contributed by atoms with van der Waals surface area (Å²) < 4.78 is 32.2. The standard InChI is InChI=1S/C19H21NO5S2/c1-14-7-8-15(27(23,24)20-9-3-2-4-10-20)12-16(14)19(22)25-13-17(21)18-6-5-11-26-18/h5-8,11-12H,2-4,9-10,13H2,1H3. The number of rotatable bonds is 6. The second-order valence-electron chi connectivity index (χ2n) is 6.42. The minimum absolute atomic E-state index is 0.0755. The molecule has 6 nitrogen and oxygen atoms in total. The summed E-state index contributed by atoms with van der Waals surface area (Å²) in [5.41, 5.74) is 0.758. The number of sulfonamides is 1. The van der Waals surface area contributed by atoms with E-state index in [0.717, 1.165) is 19.3 Å². The van der Waals surface area contributed by atoms with E-state index in [4.69, 9.17) is 4.74 Å². The molecule has 27 heavy (non-hydrogen) atoms. The van der Waals surface area contributed by atoms with E-state index in [9.17, 15) is 18.0 Å². The zero-order chi connectivity index (χ0) is 19.4. The number of esters is 1. The van der Waals surface area contributed by atoms with Crippen LogP contribution < -0.4 is 0 Å². The molecule has 0 spiro atoms. The van der Waals surface area contributed by atoms with Crippen LogP contribution in [0.2, 0.25) is 0 Å². The fourth-order valence-corrected chi connectivity index (χ4v) is 5.15. The number of ether oxygens (including phenoxy) is 1. The summed E-state index contributed by atoms with van der Waals surface area (Å²) in [5.74, 6) is -0.985. The van der Waals surface area contributed by atoms with E-state index >= 15 is 0 Å². The van der Waals surface area contributed by atoms with Gasteiger partial charge >= 0.3 is 5.97 Å². The predicted octanol–water partition coefficient (Wildman–Crippen LogP) is 3.27. The molecular formula is C19H21NO5S2. The molecule has 3 rings (SSSR count). The minimum atomic E-state index is -3.64. The SMILES string of the molecule is Cc1ccc(S(=O)(=O)N2CCCCC2)cc1C(=O)OCC(=O)c1cccs1. The Bertz CT molecular complexity index is 929. The average Bonchev–Trinajstić information content (AvgIpc) is 3.21. The van der Waals surface area contributed by atoms with Crippen LogP contribution in [-0.2, 0) is 14.8 Å². The summed E-state index contributed by atoms with van der Waals surface area (Å²) in [4.78, 5) is 25.0. The molecule has 1 aromatic heterocycles. The van der Waals surface area contributed by atoms with Gasteiger partial charge in [-0.2, -0.15) is 4.31 Å². The van der Waals surface area contributed by atoms with Crippen molar-refractivity contribution in [2.45, 2.75) is 31.1 Å². The van der Waals surface area contributed by atoms with Crippen molar-refractivity contribution in [3.05, 3.63) is 51.7 Å². The van der Waals surface area contributed by atoms with Crippen LogP contribution in [0.4, 0.5) is 0 Å². The van der Waals surface area contributed by atoms with Crippen molar-refractivity contribution >= 4 is 33.1 Å². The summed E-state index contributed by atoms with van der Waals surface area (Å²) in [6.45, 7) is 2.31. The molecule has 0 aliphatic carbocycles. The van der Waals surface area contributed by atoms with Gasteiger partial charge in [0.15, 0.2) is 6.61 Å². The summed E-state index contributed by atoms with van der Waals surface area (Å²) >= 11 is 1.28. The van der Waals surface area contributed by atoms with Crippen molar-refractivity contribution in [3.8, 4) is 0 Å². The third-order valence-corrected chi connectivity index (χ3v) is 7.32. The van der Waals surface area contributed by atoms with Gasteiger partial charge in [0.2, 0.25) is 15.8 Å². The van der Waals surface area contributed by atoms with Gasteiger partial charge in [0.25, 0.3) is 0 Å². The number of benzene rings is 1. The van der Waals surface area contributed by atoms with E-state index in [1.807, 2.05) is 0 Å². The van der Waals surface area contributed by atoms with Gasteiger partial charge < -0.3 is 4.74 Å². The molecule has 1 aliphatic rings. The quantitative estimate of drug-likeness (QED) is 0.542. The molecule has 0 amide bonds. The Morgan fingerprint density at radius 2 is 1.89 bits per heavy atom. The number of ketones is 1. The van der Waals surface area contributed by atoms with Crippen molar-refractivity contribution in [1.29, 1.82) is 0 Å². The van der Waals surface area contributed by atoms with E-state index in [-0.39, 0.29) is 22.8 Å². The largest absolute Gasteiger partial charge is 0.454 e. The Balaban J connectivity index is 1.76. The van der Waals surface area contributed by atoms with Gasteiger partial charge in [0.1, 0.15) is 0 Å². The van der Waals surface area contributed by atoms with Crippen LogP contribution in [0.15, 0.2) is 40.6 Å². The van der Waals surface area contributed by atoms with Crippen LogP contribution in [0.3, 0.4) is 0 Å². The second kappa shape index (κ2) is 8.33. The summed E-state index contributed by atoms with van der Waals surface area (Å²) in [6.07, 6.45) is 2.70. The maximum atomic E-state index is 12.8. The maximum absolute atomic E-state index is 12.8. The Hall–Kier alpha value is -2.03. The Labute approximate surface area is 162 Å². The van der Waals surface area contributed by atoms with E-state index < -0.39 is 16.0 Å². The molecule has 0 N–H and O–H groups in total. The number of piperidine rings is 1. The number of Topliss-reactive ketones (excluding diaryl/α,β-unsaturated/α-hetero) is 1. The molecule has 2 aromatic rings. The van der Waals surface area contributed by atoms with Crippen molar-refractivity contribution in [3.63, 3.8) is 0 Å². The lowest BCUT2D eigenvalue weighted by Crippen LogP contribution is -2.35. The minimum Gasteiger partial charge on any atom is -0.454 e. The molecule has 1 aliphatic heterocycles. The zero-order valence-corrected chi connectivity index (χ0v) is 16.6. The van der Waals surface area contributed by atoms with Crippen LogP contribution >= 0.6 is 11.3 Å².